The zero-order valence-electron chi connectivity index (χ0n) is 15.8. The topological polar surface area (TPSA) is 55.8 Å². The second-order valence-electron chi connectivity index (χ2n) is 7.89. The average Bonchev–Trinajstić information content (AvgIpc) is 2.44. The van der Waals surface area contributed by atoms with E-state index in [1.165, 1.54) is 12.0 Å². The van der Waals surface area contributed by atoms with Crippen LogP contribution in [0.5, 0.6) is 0 Å². The maximum atomic E-state index is 12.8. The summed E-state index contributed by atoms with van der Waals surface area (Å²) in [4.78, 5) is 26.6. The van der Waals surface area contributed by atoms with E-state index in [0.29, 0.717) is 0 Å². The minimum absolute atomic E-state index is 0.271. The third-order valence-corrected chi connectivity index (χ3v) is 3.38. The Morgan fingerprint density at radius 3 is 2.00 bits per heavy atom. The highest BCUT2D eigenvalue weighted by atomic mass is 16.6. The van der Waals surface area contributed by atoms with Gasteiger partial charge in [0.1, 0.15) is 11.6 Å². The second-order valence-corrected chi connectivity index (χ2v) is 7.89. The lowest BCUT2D eigenvalue weighted by Gasteiger charge is -2.38. The Hall–Kier alpha value is -2.04. The molecule has 0 unspecified atom stereocenters. The molecule has 0 spiro atoms. The number of amides is 1. The molecule has 0 fully saturated rings. The zero-order valence-corrected chi connectivity index (χ0v) is 15.8. The lowest BCUT2D eigenvalue weighted by Crippen LogP contribution is -2.53. The molecule has 0 aromatic heterocycles. The van der Waals surface area contributed by atoms with E-state index in [2.05, 4.69) is 0 Å². The van der Waals surface area contributed by atoms with Crippen molar-refractivity contribution in [2.45, 2.75) is 59.7 Å². The SMILES string of the molecule is COC(=O)[C@@H](N(Cc1ccccc1)C(=O)OC(C)(C)C)C(C)(C)C. The monoisotopic (exact) mass is 335 g/mol. The molecule has 1 aromatic rings. The van der Waals surface area contributed by atoms with Gasteiger partial charge in [0.25, 0.3) is 0 Å². The number of esters is 1. The van der Waals surface area contributed by atoms with Crippen molar-refractivity contribution in [3.05, 3.63) is 35.9 Å². The molecule has 1 atom stereocenters. The van der Waals surface area contributed by atoms with E-state index in [1.54, 1.807) is 20.8 Å². The van der Waals surface area contributed by atoms with Crippen LogP contribution < -0.4 is 0 Å². The number of carbonyl (C=O) groups is 2. The highest BCUT2D eigenvalue weighted by Crippen LogP contribution is 2.28. The molecule has 5 nitrogen and oxygen atoms in total. The maximum Gasteiger partial charge on any atom is 0.411 e. The van der Waals surface area contributed by atoms with Gasteiger partial charge in [-0.05, 0) is 31.7 Å². The Balaban J connectivity index is 3.23. The summed E-state index contributed by atoms with van der Waals surface area (Å²) in [7, 11) is 1.33. The van der Waals surface area contributed by atoms with Crippen LogP contribution in [0.15, 0.2) is 30.3 Å². The Morgan fingerprint density at radius 2 is 1.58 bits per heavy atom. The van der Waals surface area contributed by atoms with Gasteiger partial charge in [-0.3, -0.25) is 4.90 Å². The van der Waals surface area contributed by atoms with Crippen molar-refractivity contribution in [1.82, 2.24) is 4.90 Å². The molecule has 1 amide bonds. The molecule has 0 aliphatic heterocycles. The predicted octanol–water partition coefficient (Wildman–Crippen LogP) is 4.01. The molecule has 0 radical (unpaired) electrons. The number of carbonyl (C=O) groups excluding carboxylic acids is 2. The Labute approximate surface area is 144 Å². The quantitative estimate of drug-likeness (QED) is 0.780. The minimum Gasteiger partial charge on any atom is -0.467 e. The van der Waals surface area contributed by atoms with E-state index >= 15 is 0 Å². The summed E-state index contributed by atoms with van der Waals surface area (Å²) in [5.74, 6) is -0.454. The molecule has 1 rings (SSSR count). The molecule has 0 heterocycles. The van der Waals surface area contributed by atoms with Gasteiger partial charge in [0.2, 0.25) is 0 Å². The van der Waals surface area contributed by atoms with Crippen molar-refractivity contribution in [2.24, 2.45) is 5.41 Å². The van der Waals surface area contributed by atoms with Crippen LogP contribution >= 0.6 is 0 Å². The number of hydrogen-bond acceptors (Lipinski definition) is 4. The molecular weight excluding hydrogens is 306 g/mol. The van der Waals surface area contributed by atoms with Crippen LogP contribution in [0.25, 0.3) is 0 Å². The number of benzene rings is 1. The molecule has 0 aliphatic rings. The van der Waals surface area contributed by atoms with Gasteiger partial charge in [0.15, 0.2) is 0 Å². The molecule has 0 aliphatic carbocycles. The second kappa shape index (κ2) is 7.69. The van der Waals surface area contributed by atoms with Crippen LogP contribution in [0.3, 0.4) is 0 Å². The normalized spacial score (nSPS) is 13.1. The van der Waals surface area contributed by atoms with E-state index in [0.717, 1.165) is 5.56 Å². The first-order valence-electron chi connectivity index (χ1n) is 8.07. The number of ether oxygens (including phenoxy) is 2. The van der Waals surface area contributed by atoms with Crippen molar-refractivity contribution < 1.29 is 19.1 Å². The van der Waals surface area contributed by atoms with Gasteiger partial charge >= 0.3 is 12.1 Å². The summed E-state index contributed by atoms with van der Waals surface area (Å²) >= 11 is 0. The standard InChI is InChI=1S/C19H29NO4/c1-18(2,3)15(16(21)23-7)20(17(22)24-19(4,5)6)13-14-11-9-8-10-12-14/h8-12,15H,13H2,1-7H3/t15-/m1/s1. The molecule has 24 heavy (non-hydrogen) atoms. The Bertz CT molecular complexity index is 555. The van der Waals surface area contributed by atoms with E-state index in [-0.39, 0.29) is 6.54 Å². The highest BCUT2D eigenvalue weighted by molar-refractivity contribution is 5.82. The highest BCUT2D eigenvalue weighted by Gasteiger charge is 2.41. The first-order chi connectivity index (χ1) is 11.0. The van der Waals surface area contributed by atoms with Gasteiger partial charge < -0.3 is 9.47 Å². The molecular formula is C19H29NO4. The Morgan fingerprint density at radius 1 is 1.04 bits per heavy atom. The number of nitrogens with zero attached hydrogens (tertiary/aromatic N) is 1. The molecule has 5 heteroatoms. The lowest BCUT2D eigenvalue weighted by atomic mass is 9.85. The average molecular weight is 335 g/mol. The van der Waals surface area contributed by atoms with Gasteiger partial charge in [-0.15, -0.1) is 0 Å². The fourth-order valence-electron chi connectivity index (χ4n) is 2.42. The summed E-state index contributed by atoms with van der Waals surface area (Å²) in [6.07, 6.45) is -0.531. The van der Waals surface area contributed by atoms with Gasteiger partial charge in [-0.1, -0.05) is 51.1 Å². The maximum absolute atomic E-state index is 12.8. The van der Waals surface area contributed by atoms with Crippen molar-refractivity contribution in [1.29, 1.82) is 0 Å². The minimum atomic E-state index is -0.752. The number of hydrogen-bond donors (Lipinski definition) is 0. The molecule has 134 valence electrons. The van der Waals surface area contributed by atoms with Crippen LogP contribution in [0.4, 0.5) is 4.79 Å². The van der Waals surface area contributed by atoms with E-state index in [1.807, 2.05) is 51.1 Å². The first kappa shape index (κ1) is 20.0. The van der Waals surface area contributed by atoms with Gasteiger partial charge in [0.05, 0.1) is 7.11 Å². The van der Waals surface area contributed by atoms with Gasteiger partial charge in [-0.25, -0.2) is 9.59 Å². The number of methoxy groups -OCH3 is 1. The summed E-state index contributed by atoms with van der Waals surface area (Å²) in [5.41, 5.74) is -0.231. The molecule has 0 N–H and O–H groups in total. The van der Waals surface area contributed by atoms with Crippen LogP contribution in [0, 0.1) is 5.41 Å². The van der Waals surface area contributed by atoms with E-state index in [9.17, 15) is 9.59 Å². The van der Waals surface area contributed by atoms with Gasteiger partial charge in [-0.2, -0.15) is 0 Å². The third kappa shape index (κ3) is 5.87. The van der Waals surface area contributed by atoms with Gasteiger partial charge in [0, 0.05) is 6.54 Å². The van der Waals surface area contributed by atoms with Crippen LogP contribution in [-0.4, -0.2) is 35.7 Å². The summed E-state index contributed by atoms with van der Waals surface area (Å²) < 4.78 is 10.5. The van der Waals surface area contributed by atoms with E-state index in [4.69, 9.17) is 9.47 Å². The zero-order chi connectivity index (χ0) is 18.5. The molecule has 0 saturated heterocycles. The molecule has 1 aromatic carbocycles. The first-order valence-corrected chi connectivity index (χ1v) is 8.07. The summed E-state index contributed by atoms with van der Waals surface area (Å²) in [5, 5.41) is 0. The Kier molecular flexibility index (Phi) is 6.41. The van der Waals surface area contributed by atoms with Crippen molar-refractivity contribution in [2.75, 3.05) is 7.11 Å². The van der Waals surface area contributed by atoms with Crippen molar-refractivity contribution in [3.63, 3.8) is 0 Å². The fraction of sp³-hybridized carbons (Fsp3) is 0.579. The third-order valence-electron chi connectivity index (χ3n) is 3.38. The van der Waals surface area contributed by atoms with E-state index < -0.39 is 29.1 Å². The molecule has 0 bridgehead atoms. The van der Waals surface area contributed by atoms with Crippen LogP contribution in [0.1, 0.15) is 47.1 Å². The summed E-state index contributed by atoms with van der Waals surface area (Å²) in [6.45, 7) is 11.4. The molecule has 0 saturated carbocycles. The smallest absolute Gasteiger partial charge is 0.411 e. The lowest BCUT2D eigenvalue weighted by molar-refractivity contribution is -0.151. The van der Waals surface area contributed by atoms with Crippen molar-refractivity contribution >= 4 is 12.1 Å². The largest absolute Gasteiger partial charge is 0.467 e. The van der Waals surface area contributed by atoms with Crippen LogP contribution in [-0.2, 0) is 20.8 Å². The predicted molar refractivity (Wildman–Crippen MR) is 93.5 cm³/mol. The fourth-order valence-corrected chi connectivity index (χ4v) is 2.42. The number of rotatable bonds is 4. The summed E-state index contributed by atoms with van der Waals surface area (Å²) in [6, 6.07) is 8.77. The van der Waals surface area contributed by atoms with Crippen LogP contribution in [0.2, 0.25) is 0 Å². The van der Waals surface area contributed by atoms with Crippen molar-refractivity contribution in [3.8, 4) is 0 Å².